The van der Waals surface area contributed by atoms with Crippen LogP contribution in [-0.4, -0.2) is 46.2 Å². The summed E-state index contributed by atoms with van der Waals surface area (Å²) in [6.07, 6.45) is 3.64. The Hall–Kier alpha value is -2.02. The quantitative estimate of drug-likeness (QED) is 0.868. The highest BCUT2D eigenvalue weighted by atomic mass is 32.1. The van der Waals surface area contributed by atoms with Crippen LogP contribution in [0.4, 0.5) is 0 Å². The first-order chi connectivity index (χ1) is 10.7. The van der Waals surface area contributed by atoms with E-state index in [1.807, 2.05) is 11.8 Å². The number of nitrogens with zero attached hydrogens (tertiary/aromatic N) is 4. The predicted octanol–water partition coefficient (Wildman–Crippen LogP) is 2.27. The van der Waals surface area contributed by atoms with E-state index in [2.05, 4.69) is 15.2 Å². The van der Waals surface area contributed by atoms with Crippen LogP contribution in [0.15, 0.2) is 18.3 Å². The number of hydrogen-bond acceptors (Lipinski definition) is 6. The average molecular weight is 318 g/mol. The molecule has 6 nitrogen and oxygen atoms in total. The van der Waals surface area contributed by atoms with Crippen LogP contribution in [0.25, 0.3) is 0 Å². The van der Waals surface area contributed by atoms with E-state index >= 15 is 0 Å². The summed E-state index contributed by atoms with van der Waals surface area (Å²) < 4.78 is 5.19. The third-order valence-electron chi connectivity index (χ3n) is 3.79. The minimum atomic E-state index is -0.0316. The highest BCUT2D eigenvalue weighted by Crippen LogP contribution is 2.30. The highest BCUT2D eigenvalue weighted by Gasteiger charge is 2.29. The Morgan fingerprint density at radius 3 is 3.05 bits per heavy atom. The molecule has 0 aliphatic carbocycles. The van der Waals surface area contributed by atoms with Gasteiger partial charge in [0.05, 0.1) is 7.11 Å². The van der Waals surface area contributed by atoms with Gasteiger partial charge in [-0.25, -0.2) is 4.98 Å². The Labute approximate surface area is 133 Å². The standard InChI is InChI=1S/C15H18N4O2S/c1-10-17-18-14(22-10)11-5-4-8-19(9-11)15(20)12-6-3-7-16-13(12)21-2/h3,6-7,11H,4-5,8-9H2,1-2H3. The first-order valence-electron chi connectivity index (χ1n) is 7.27. The normalized spacial score (nSPS) is 18.3. The van der Waals surface area contributed by atoms with Crippen molar-refractivity contribution in [3.8, 4) is 5.88 Å². The molecule has 116 valence electrons. The van der Waals surface area contributed by atoms with Gasteiger partial charge in [0.15, 0.2) is 0 Å². The Kier molecular flexibility index (Phi) is 4.33. The van der Waals surface area contributed by atoms with Crippen molar-refractivity contribution in [3.63, 3.8) is 0 Å². The van der Waals surface area contributed by atoms with Crippen LogP contribution in [-0.2, 0) is 0 Å². The van der Waals surface area contributed by atoms with E-state index in [-0.39, 0.29) is 11.8 Å². The van der Waals surface area contributed by atoms with Crippen molar-refractivity contribution in [1.29, 1.82) is 0 Å². The van der Waals surface area contributed by atoms with Crippen LogP contribution >= 0.6 is 11.3 Å². The number of methoxy groups -OCH3 is 1. The van der Waals surface area contributed by atoms with E-state index in [0.717, 1.165) is 29.4 Å². The lowest BCUT2D eigenvalue weighted by atomic mass is 9.98. The number of hydrogen-bond donors (Lipinski definition) is 0. The van der Waals surface area contributed by atoms with Crippen LogP contribution < -0.4 is 4.74 Å². The van der Waals surface area contributed by atoms with E-state index in [9.17, 15) is 4.79 Å². The van der Waals surface area contributed by atoms with Crippen molar-refractivity contribution in [2.75, 3.05) is 20.2 Å². The lowest BCUT2D eigenvalue weighted by Gasteiger charge is -2.31. The number of amides is 1. The minimum Gasteiger partial charge on any atom is -0.480 e. The van der Waals surface area contributed by atoms with Crippen molar-refractivity contribution < 1.29 is 9.53 Å². The van der Waals surface area contributed by atoms with Crippen molar-refractivity contribution >= 4 is 17.2 Å². The number of aromatic nitrogens is 3. The van der Waals surface area contributed by atoms with Gasteiger partial charge < -0.3 is 9.64 Å². The SMILES string of the molecule is COc1ncccc1C(=O)N1CCCC(c2nnc(C)s2)C1. The zero-order valence-electron chi connectivity index (χ0n) is 12.7. The second-order valence-corrected chi connectivity index (χ2v) is 6.52. The summed E-state index contributed by atoms with van der Waals surface area (Å²) in [5.74, 6) is 0.615. The fraction of sp³-hybridized carbons (Fsp3) is 0.467. The van der Waals surface area contributed by atoms with E-state index in [0.29, 0.717) is 18.0 Å². The maximum atomic E-state index is 12.7. The number of carbonyl (C=O) groups excluding carboxylic acids is 1. The van der Waals surface area contributed by atoms with E-state index in [4.69, 9.17) is 4.74 Å². The predicted molar refractivity (Wildman–Crippen MR) is 83.3 cm³/mol. The van der Waals surface area contributed by atoms with E-state index in [1.54, 1.807) is 29.7 Å². The summed E-state index contributed by atoms with van der Waals surface area (Å²) in [6, 6.07) is 3.51. The number of ether oxygens (including phenoxy) is 1. The molecule has 0 radical (unpaired) electrons. The minimum absolute atomic E-state index is 0.0316. The molecule has 1 fully saturated rings. The first-order valence-corrected chi connectivity index (χ1v) is 8.09. The zero-order valence-corrected chi connectivity index (χ0v) is 13.5. The molecule has 0 saturated carbocycles. The van der Waals surface area contributed by atoms with Crippen LogP contribution in [0.3, 0.4) is 0 Å². The van der Waals surface area contributed by atoms with Gasteiger partial charge in [-0.2, -0.15) is 0 Å². The maximum Gasteiger partial charge on any atom is 0.259 e. The van der Waals surface area contributed by atoms with Crippen LogP contribution in [0.1, 0.15) is 39.1 Å². The van der Waals surface area contributed by atoms with Crippen molar-refractivity contribution in [2.45, 2.75) is 25.7 Å². The van der Waals surface area contributed by atoms with E-state index in [1.165, 1.54) is 7.11 Å². The molecular formula is C15H18N4O2S. The molecule has 0 bridgehead atoms. The summed E-state index contributed by atoms with van der Waals surface area (Å²) in [7, 11) is 1.53. The molecule has 22 heavy (non-hydrogen) atoms. The number of rotatable bonds is 3. The highest BCUT2D eigenvalue weighted by molar-refractivity contribution is 7.11. The molecular weight excluding hydrogens is 300 g/mol. The number of pyridine rings is 1. The Morgan fingerprint density at radius 2 is 2.32 bits per heavy atom. The third-order valence-corrected chi connectivity index (χ3v) is 4.80. The lowest BCUT2D eigenvalue weighted by molar-refractivity contribution is 0.0702. The van der Waals surface area contributed by atoms with Gasteiger partial charge in [-0.1, -0.05) is 0 Å². The molecule has 1 aliphatic rings. The lowest BCUT2D eigenvalue weighted by Crippen LogP contribution is -2.39. The van der Waals surface area contributed by atoms with Gasteiger partial charge in [-0.05, 0) is 31.9 Å². The molecule has 0 aromatic carbocycles. The van der Waals surface area contributed by atoms with Gasteiger partial charge in [0.2, 0.25) is 5.88 Å². The maximum absolute atomic E-state index is 12.7. The molecule has 0 spiro atoms. The van der Waals surface area contributed by atoms with Gasteiger partial charge in [0, 0.05) is 25.2 Å². The smallest absolute Gasteiger partial charge is 0.259 e. The van der Waals surface area contributed by atoms with Gasteiger partial charge in [-0.15, -0.1) is 21.5 Å². The largest absolute Gasteiger partial charge is 0.480 e. The second-order valence-electron chi connectivity index (χ2n) is 5.31. The van der Waals surface area contributed by atoms with Crippen molar-refractivity contribution in [1.82, 2.24) is 20.1 Å². The molecule has 1 amide bonds. The molecule has 7 heteroatoms. The van der Waals surface area contributed by atoms with Gasteiger partial charge in [0.1, 0.15) is 15.6 Å². The number of carbonyl (C=O) groups is 1. The molecule has 3 rings (SSSR count). The van der Waals surface area contributed by atoms with Crippen LogP contribution in [0, 0.1) is 6.92 Å². The second kappa shape index (κ2) is 6.39. The topological polar surface area (TPSA) is 68.2 Å². The number of aryl methyl sites for hydroxylation is 1. The average Bonchev–Trinajstić information content (AvgIpc) is 3.01. The van der Waals surface area contributed by atoms with E-state index < -0.39 is 0 Å². The van der Waals surface area contributed by atoms with Crippen molar-refractivity contribution in [2.24, 2.45) is 0 Å². The number of piperidine rings is 1. The fourth-order valence-corrected chi connectivity index (χ4v) is 3.55. The monoisotopic (exact) mass is 318 g/mol. The zero-order chi connectivity index (χ0) is 15.5. The van der Waals surface area contributed by atoms with Crippen molar-refractivity contribution in [3.05, 3.63) is 33.9 Å². The summed E-state index contributed by atoms with van der Waals surface area (Å²) in [5, 5.41) is 10.3. The van der Waals surface area contributed by atoms with Crippen LogP contribution in [0.5, 0.6) is 5.88 Å². The molecule has 2 aromatic heterocycles. The summed E-state index contributed by atoms with van der Waals surface area (Å²) in [5.41, 5.74) is 0.513. The van der Waals surface area contributed by atoms with Gasteiger partial charge >= 0.3 is 0 Å². The molecule has 1 unspecified atom stereocenters. The summed E-state index contributed by atoms with van der Waals surface area (Å²) >= 11 is 1.61. The van der Waals surface area contributed by atoms with Crippen LogP contribution in [0.2, 0.25) is 0 Å². The number of likely N-dealkylation sites (tertiary alicyclic amines) is 1. The van der Waals surface area contributed by atoms with Gasteiger partial charge in [0.25, 0.3) is 5.91 Å². The summed E-state index contributed by atoms with van der Waals surface area (Å²) in [4.78, 5) is 18.7. The summed E-state index contributed by atoms with van der Waals surface area (Å²) in [6.45, 7) is 3.38. The fourth-order valence-electron chi connectivity index (χ4n) is 2.73. The molecule has 1 saturated heterocycles. The Morgan fingerprint density at radius 1 is 1.45 bits per heavy atom. The Bertz CT molecular complexity index is 673. The van der Waals surface area contributed by atoms with Gasteiger partial charge in [-0.3, -0.25) is 4.79 Å². The molecule has 1 atom stereocenters. The first kappa shape index (κ1) is 14.9. The molecule has 0 N–H and O–H groups in total. The Balaban J connectivity index is 1.78. The third kappa shape index (κ3) is 2.94. The molecule has 3 heterocycles. The molecule has 1 aliphatic heterocycles. The molecule has 2 aromatic rings.